The van der Waals surface area contributed by atoms with E-state index in [1.807, 2.05) is 0 Å². The minimum absolute atomic E-state index is 0.0227. The van der Waals surface area contributed by atoms with E-state index in [0.717, 1.165) is 12.1 Å². The van der Waals surface area contributed by atoms with Crippen molar-refractivity contribution in [1.29, 1.82) is 0 Å². The number of alkyl halides is 3. The van der Waals surface area contributed by atoms with Crippen molar-refractivity contribution in [2.45, 2.75) is 13.1 Å². The van der Waals surface area contributed by atoms with E-state index in [0.29, 0.717) is 17.1 Å². The molecule has 0 aliphatic rings. The first kappa shape index (κ1) is 17.4. The highest BCUT2D eigenvalue weighted by Gasteiger charge is 2.31. The zero-order chi connectivity index (χ0) is 18.5. The number of fused-ring (bicyclic) bond motifs is 1. The molecule has 130 valence electrons. The largest absolute Gasteiger partial charge is 0.416 e. The fourth-order valence-electron chi connectivity index (χ4n) is 2.58. The zero-order valence-corrected chi connectivity index (χ0v) is 13.8. The Balaban J connectivity index is 2.35. The smallest absolute Gasteiger partial charge is 0.315 e. The average molecular weight is 371 g/mol. The summed E-state index contributed by atoms with van der Waals surface area (Å²) < 4.78 is 53.9. The van der Waals surface area contributed by atoms with Crippen LogP contribution in [0.4, 0.5) is 17.6 Å². The van der Waals surface area contributed by atoms with Crippen LogP contribution in [0.5, 0.6) is 0 Å². The Kier molecular flexibility index (Phi) is 4.07. The van der Waals surface area contributed by atoms with E-state index in [-0.39, 0.29) is 27.4 Å². The summed E-state index contributed by atoms with van der Waals surface area (Å²) in [6.07, 6.45) is -4.66. The van der Waals surface area contributed by atoms with Gasteiger partial charge in [0.05, 0.1) is 16.6 Å². The molecule has 2 aromatic heterocycles. The summed E-state index contributed by atoms with van der Waals surface area (Å²) in [7, 11) is 1.57. The maximum atomic E-state index is 14.3. The molecule has 8 heteroatoms. The van der Waals surface area contributed by atoms with Crippen molar-refractivity contribution < 1.29 is 17.6 Å². The summed E-state index contributed by atoms with van der Waals surface area (Å²) >= 11 is 5.93. The van der Waals surface area contributed by atoms with Gasteiger partial charge in [-0.3, -0.25) is 4.79 Å². The fraction of sp³-hybridized carbons (Fsp3) is 0.176. The van der Waals surface area contributed by atoms with Crippen LogP contribution in [-0.4, -0.2) is 9.55 Å². The van der Waals surface area contributed by atoms with Crippen LogP contribution in [0.25, 0.3) is 22.0 Å². The Morgan fingerprint density at radius 3 is 2.40 bits per heavy atom. The Morgan fingerprint density at radius 1 is 1.12 bits per heavy atom. The van der Waals surface area contributed by atoms with E-state index in [4.69, 9.17) is 11.6 Å². The first-order valence-corrected chi connectivity index (χ1v) is 7.51. The van der Waals surface area contributed by atoms with Gasteiger partial charge in [-0.1, -0.05) is 11.6 Å². The van der Waals surface area contributed by atoms with Crippen LogP contribution < -0.4 is 5.56 Å². The first-order valence-electron chi connectivity index (χ1n) is 7.13. The van der Waals surface area contributed by atoms with Crippen molar-refractivity contribution in [1.82, 2.24) is 9.55 Å². The van der Waals surface area contributed by atoms with Crippen LogP contribution in [0.1, 0.15) is 11.3 Å². The first-order chi connectivity index (χ1) is 11.6. The van der Waals surface area contributed by atoms with Gasteiger partial charge in [0, 0.05) is 23.7 Å². The monoisotopic (exact) mass is 370 g/mol. The van der Waals surface area contributed by atoms with E-state index in [2.05, 4.69) is 4.98 Å². The summed E-state index contributed by atoms with van der Waals surface area (Å²) in [6, 6.07) is 5.12. The molecule has 0 N–H and O–H groups in total. The normalized spacial score (nSPS) is 12.0. The summed E-state index contributed by atoms with van der Waals surface area (Å²) in [5.41, 5.74) is -1.00. The predicted molar refractivity (Wildman–Crippen MR) is 87.1 cm³/mol. The lowest BCUT2D eigenvalue weighted by Crippen LogP contribution is -2.19. The minimum Gasteiger partial charge on any atom is -0.315 e. The van der Waals surface area contributed by atoms with Crippen molar-refractivity contribution in [2.75, 3.05) is 0 Å². The van der Waals surface area contributed by atoms with Crippen molar-refractivity contribution in [3.63, 3.8) is 0 Å². The lowest BCUT2D eigenvalue weighted by Gasteiger charge is -2.12. The highest BCUT2D eigenvalue weighted by atomic mass is 35.5. The highest BCUT2D eigenvalue weighted by Crippen LogP contribution is 2.34. The average Bonchev–Trinajstić information content (AvgIpc) is 2.52. The highest BCUT2D eigenvalue weighted by molar-refractivity contribution is 6.30. The van der Waals surface area contributed by atoms with Crippen LogP contribution in [0.3, 0.4) is 0 Å². The maximum absolute atomic E-state index is 14.3. The van der Waals surface area contributed by atoms with E-state index in [1.165, 1.54) is 10.6 Å². The third-order valence-corrected chi connectivity index (χ3v) is 4.19. The third-order valence-electron chi connectivity index (χ3n) is 4.00. The second-order valence-corrected chi connectivity index (χ2v) is 5.98. The number of benzene rings is 1. The van der Waals surface area contributed by atoms with Gasteiger partial charge in [0.2, 0.25) is 0 Å². The molecular formula is C17H11ClF4N2O. The van der Waals surface area contributed by atoms with Gasteiger partial charge in [0.15, 0.2) is 0 Å². The lowest BCUT2D eigenvalue weighted by atomic mass is 10.0. The molecule has 25 heavy (non-hydrogen) atoms. The van der Waals surface area contributed by atoms with Crippen LogP contribution >= 0.6 is 11.6 Å². The minimum atomic E-state index is -4.66. The molecule has 0 saturated carbocycles. The zero-order valence-electron chi connectivity index (χ0n) is 13.1. The van der Waals surface area contributed by atoms with Crippen LogP contribution in [0.2, 0.25) is 5.15 Å². The molecule has 0 amide bonds. The van der Waals surface area contributed by atoms with E-state index in [9.17, 15) is 22.4 Å². The molecule has 0 spiro atoms. The van der Waals surface area contributed by atoms with E-state index >= 15 is 0 Å². The van der Waals surface area contributed by atoms with Crippen molar-refractivity contribution >= 4 is 22.4 Å². The molecule has 0 unspecified atom stereocenters. The van der Waals surface area contributed by atoms with Gasteiger partial charge in [-0.25, -0.2) is 9.37 Å². The summed E-state index contributed by atoms with van der Waals surface area (Å²) in [5.74, 6) is -1.09. The molecule has 1 aromatic carbocycles. The number of nitrogens with zero attached hydrogens (tertiary/aromatic N) is 2. The molecular weight excluding hydrogens is 360 g/mol. The van der Waals surface area contributed by atoms with Gasteiger partial charge in [-0.15, -0.1) is 0 Å². The van der Waals surface area contributed by atoms with Gasteiger partial charge < -0.3 is 4.57 Å². The van der Waals surface area contributed by atoms with Crippen molar-refractivity contribution in [3.05, 3.63) is 62.9 Å². The molecule has 0 saturated heterocycles. The number of hydrogen-bond donors (Lipinski definition) is 0. The number of rotatable bonds is 1. The second-order valence-electron chi connectivity index (χ2n) is 5.60. The predicted octanol–water partition coefficient (Wildman–Crippen LogP) is 4.72. The Bertz CT molecular complexity index is 1060. The van der Waals surface area contributed by atoms with E-state index < -0.39 is 17.6 Å². The second kappa shape index (κ2) is 5.84. The Hall–Kier alpha value is -2.41. The van der Waals surface area contributed by atoms with Gasteiger partial charge in [0.1, 0.15) is 11.0 Å². The van der Waals surface area contributed by atoms with Gasteiger partial charge in [-0.05, 0) is 37.3 Å². The molecule has 3 aromatic rings. The molecule has 0 radical (unpaired) electrons. The molecule has 0 fully saturated rings. The molecule has 3 rings (SSSR count). The summed E-state index contributed by atoms with van der Waals surface area (Å²) in [5, 5.41) is 0.480. The summed E-state index contributed by atoms with van der Waals surface area (Å²) in [6.45, 7) is 1.68. The topological polar surface area (TPSA) is 34.9 Å². The molecule has 0 bridgehead atoms. The quantitative estimate of drug-likeness (QED) is 0.459. The standard InChI is InChI=1S/C17H11ClF4N2O/c1-8-5-11-12(16(25)24(8)2)7-14(18)23-15(11)10-4-3-9(6-13(10)19)17(20,21)22/h3-7H,1-2H3. The SMILES string of the molecule is Cc1cc2c(-c3ccc(C(F)(F)F)cc3F)nc(Cl)cc2c(=O)n1C. The fourth-order valence-corrected chi connectivity index (χ4v) is 2.78. The van der Waals surface area contributed by atoms with Gasteiger partial charge in [0.25, 0.3) is 5.56 Å². The van der Waals surface area contributed by atoms with Crippen LogP contribution in [0.15, 0.2) is 35.1 Å². The molecule has 0 aliphatic carbocycles. The van der Waals surface area contributed by atoms with Gasteiger partial charge >= 0.3 is 6.18 Å². The molecule has 0 atom stereocenters. The van der Waals surface area contributed by atoms with E-state index in [1.54, 1.807) is 20.0 Å². The Morgan fingerprint density at radius 2 is 1.80 bits per heavy atom. The number of aryl methyl sites for hydroxylation is 1. The summed E-state index contributed by atoms with van der Waals surface area (Å²) in [4.78, 5) is 16.4. The number of pyridine rings is 2. The maximum Gasteiger partial charge on any atom is 0.416 e. The third kappa shape index (κ3) is 3.00. The Labute approximate surface area is 144 Å². The van der Waals surface area contributed by atoms with Crippen LogP contribution in [0, 0.1) is 12.7 Å². The van der Waals surface area contributed by atoms with Crippen molar-refractivity contribution in [2.24, 2.45) is 7.05 Å². The molecule has 2 heterocycles. The lowest BCUT2D eigenvalue weighted by molar-refractivity contribution is -0.137. The number of aromatic nitrogens is 2. The van der Waals surface area contributed by atoms with Crippen molar-refractivity contribution in [3.8, 4) is 11.3 Å². The van der Waals surface area contributed by atoms with Crippen LogP contribution in [-0.2, 0) is 13.2 Å². The molecule has 0 aliphatic heterocycles. The number of hydrogen-bond acceptors (Lipinski definition) is 2. The van der Waals surface area contributed by atoms with Gasteiger partial charge in [-0.2, -0.15) is 13.2 Å². The molecule has 3 nitrogen and oxygen atoms in total. The number of halogens is 5.